The number of hydrogen-bond donors (Lipinski definition) is 2. The molecule has 2 amide bonds. The number of amides is 2. The largest absolute Gasteiger partial charge is 0.365 e. The highest BCUT2D eigenvalue weighted by Crippen LogP contribution is 2.49. The highest BCUT2D eigenvalue weighted by molar-refractivity contribution is 5.99. The Kier molecular flexibility index (Phi) is 6.21. The van der Waals surface area contributed by atoms with Crippen LogP contribution in [-0.2, 0) is 19.8 Å². The summed E-state index contributed by atoms with van der Waals surface area (Å²) in [5.41, 5.74) is 7.06. The van der Waals surface area contributed by atoms with Crippen molar-refractivity contribution in [3.63, 3.8) is 0 Å². The average Bonchev–Trinajstić information content (AvgIpc) is 3.29. The number of ketones is 1. The highest BCUT2D eigenvalue weighted by atomic mass is 16.2. The fourth-order valence-corrected chi connectivity index (χ4v) is 6.40. The predicted octanol–water partition coefficient (Wildman–Crippen LogP) is 3.26. The van der Waals surface area contributed by atoms with Gasteiger partial charge in [-0.05, 0) is 54.7 Å². The van der Waals surface area contributed by atoms with E-state index in [-0.39, 0.29) is 23.7 Å². The number of benzene rings is 1. The number of nitrogens with one attached hydrogen (secondary N) is 2. The average molecular weight is 525 g/mol. The third-order valence-corrected chi connectivity index (χ3v) is 8.06. The van der Waals surface area contributed by atoms with E-state index in [0.717, 1.165) is 47.6 Å². The number of hydrogen-bond acceptors (Lipinski definition) is 7. The number of Topliss-reactive ketones (excluding diaryl/α,β-unsaturated/α-hetero) is 1. The number of anilines is 4. The molecule has 2 N–H and O–H groups in total. The summed E-state index contributed by atoms with van der Waals surface area (Å²) >= 11 is 0. The molecule has 200 valence electrons. The molecule has 9 nitrogen and oxygen atoms in total. The highest BCUT2D eigenvalue weighted by Gasteiger charge is 2.39. The van der Waals surface area contributed by atoms with Crippen LogP contribution in [0.3, 0.4) is 0 Å². The van der Waals surface area contributed by atoms with Gasteiger partial charge < -0.3 is 25.3 Å². The lowest BCUT2D eigenvalue weighted by atomic mass is 9.80. The van der Waals surface area contributed by atoms with Crippen LogP contribution in [-0.4, -0.2) is 56.4 Å². The zero-order chi connectivity index (χ0) is 27.1. The molecule has 1 saturated carbocycles. The van der Waals surface area contributed by atoms with Gasteiger partial charge in [0, 0.05) is 29.9 Å². The number of carbonyl (C=O) groups excluding carboxylic acids is 3. The first-order valence-electron chi connectivity index (χ1n) is 13.3. The Morgan fingerprint density at radius 1 is 1.10 bits per heavy atom. The van der Waals surface area contributed by atoms with Crippen LogP contribution in [0.2, 0.25) is 0 Å². The maximum absolute atomic E-state index is 13.3. The first-order chi connectivity index (χ1) is 18.8. The van der Waals surface area contributed by atoms with E-state index in [1.165, 1.54) is 11.1 Å². The maximum atomic E-state index is 13.3. The van der Waals surface area contributed by atoms with Gasteiger partial charge in [0.25, 0.3) is 0 Å². The molecule has 1 unspecified atom stereocenters. The van der Waals surface area contributed by atoms with E-state index in [9.17, 15) is 14.4 Å². The summed E-state index contributed by atoms with van der Waals surface area (Å²) in [5, 5.41) is 5.87. The molecule has 6 rings (SSSR count). The van der Waals surface area contributed by atoms with E-state index in [0.29, 0.717) is 32.0 Å². The Morgan fingerprint density at radius 2 is 1.92 bits per heavy atom. The van der Waals surface area contributed by atoms with Crippen molar-refractivity contribution in [1.82, 2.24) is 10.3 Å². The summed E-state index contributed by atoms with van der Waals surface area (Å²) in [7, 11) is 1.93. The molecule has 0 radical (unpaired) electrons. The maximum Gasteiger partial charge on any atom is 0.243 e. The molecule has 4 aliphatic rings. The van der Waals surface area contributed by atoms with Gasteiger partial charge in [0.15, 0.2) is 5.78 Å². The number of nitrogens with zero attached hydrogens (tertiary/aromatic N) is 4. The standard InChI is InChI=1S/C30H32N6O3/c1-30(24-8-5-11-31-29(24)32-18-37)13-20-6-3-7-22(12-21(20)14-30)33-27(39)17-35-19-36-16-23(38)15-34(2)25-9-4-10-26(35)28(25)36/h4-12,18H,3,13-17,19H2,1-2H3,(H,33,39)(H,31,32,37). The van der Waals surface area contributed by atoms with E-state index >= 15 is 0 Å². The second-order valence-corrected chi connectivity index (χ2v) is 11.0. The van der Waals surface area contributed by atoms with E-state index in [1.54, 1.807) is 6.20 Å². The normalized spacial score (nSPS) is 21.7. The fraction of sp³-hybridized carbons (Fsp3) is 0.333. The van der Waals surface area contributed by atoms with Gasteiger partial charge in [-0.25, -0.2) is 4.98 Å². The molecule has 2 aromatic rings. The molecule has 39 heavy (non-hydrogen) atoms. The van der Waals surface area contributed by atoms with Gasteiger partial charge >= 0.3 is 0 Å². The molecular weight excluding hydrogens is 492 g/mol. The molecule has 0 bridgehead atoms. The van der Waals surface area contributed by atoms with Crippen molar-refractivity contribution in [3.8, 4) is 0 Å². The van der Waals surface area contributed by atoms with E-state index in [2.05, 4.69) is 39.6 Å². The first kappa shape index (κ1) is 24.9. The number of likely N-dealkylation sites (N-methyl/N-ethyl adjacent to an activating group) is 1. The molecule has 0 spiro atoms. The number of allylic oxidation sites excluding steroid dienone is 5. The van der Waals surface area contributed by atoms with Crippen molar-refractivity contribution in [2.45, 2.75) is 31.6 Å². The van der Waals surface area contributed by atoms with Gasteiger partial charge in [-0.1, -0.05) is 31.2 Å². The summed E-state index contributed by atoms with van der Waals surface area (Å²) in [6.07, 6.45) is 11.0. The summed E-state index contributed by atoms with van der Waals surface area (Å²) in [6.45, 7) is 3.63. The van der Waals surface area contributed by atoms with Crippen molar-refractivity contribution in [2.24, 2.45) is 0 Å². The van der Waals surface area contributed by atoms with Gasteiger partial charge in [0.05, 0.1) is 43.4 Å². The van der Waals surface area contributed by atoms with Gasteiger partial charge in [0.2, 0.25) is 12.3 Å². The molecule has 0 saturated heterocycles. The smallest absolute Gasteiger partial charge is 0.243 e. The third-order valence-electron chi connectivity index (χ3n) is 8.06. The molecular formula is C30H32N6O3. The van der Waals surface area contributed by atoms with Crippen LogP contribution in [0, 0.1) is 0 Å². The topological polar surface area (TPSA) is 97.9 Å². The van der Waals surface area contributed by atoms with Crippen LogP contribution in [0.4, 0.5) is 22.9 Å². The van der Waals surface area contributed by atoms with E-state index in [4.69, 9.17) is 0 Å². The number of aromatic nitrogens is 1. The van der Waals surface area contributed by atoms with Crippen molar-refractivity contribution in [3.05, 3.63) is 77.2 Å². The lowest BCUT2D eigenvalue weighted by Crippen LogP contribution is -2.40. The second kappa shape index (κ2) is 9.72. The molecule has 1 fully saturated rings. The van der Waals surface area contributed by atoms with E-state index in [1.807, 2.05) is 53.3 Å². The van der Waals surface area contributed by atoms with E-state index < -0.39 is 0 Å². The van der Waals surface area contributed by atoms with Crippen LogP contribution in [0.25, 0.3) is 0 Å². The number of pyridine rings is 1. The summed E-state index contributed by atoms with van der Waals surface area (Å²) in [6, 6.07) is 9.95. The minimum absolute atomic E-state index is 0.0954. The molecule has 1 aromatic carbocycles. The van der Waals surface area contributed by atoms with Crippen LogP contribution in [0.15, 0.2) is 71.6 Å². The molecule has 3 heterocycles. The Morgan fingerprint density at radius 3 is 2.77 bits per heavy atom. The van der Waals surface area contributed by atoms with Crippen LogP contribution in [0.1, 0.15) is 31.7 Å². The SMILES string of the molecule is CN1CC(=O)CN2CN(CC(=O)NC3=CCC=C4CC(C)(c5cccnc5NC=O)CC4=C3)c3cccc1c32. The number of carbonyl (C=O) groups is 3. The van der Waals surface area contributed by atoms with Crippen molar-refractivity contribution < 1.29 is 14.4 Å². The van der Waals surface area contributed by atoms with Crippen LogP contribution < -0.4 is 25.3 Å². The minimum Gasteiger partial charge on any atom is -0.365 e. The zero-order valence-electron chi connectivity index (χ0n) is 22.2. The lowest BCUT2D eigenvalue weighted by molar-refractivity contribution is -0.119. The summed E-state index contributed by atoms with van der Waals surface area (Å²) in [5.74, 6) is 0.655. The number of fused-ring (bicyclic) bond motifs is 1. The van der Waals surface area contributed by atoms with Gasteiger partial charge in [-0.3, -0.25) is 14.4 Å². The first-order valence-corrected chi connectivity index (χ1v) is 13.3. The van der Waals surface area contributed by atoms with Gasteiger partial charge in [0.1, 0.15) is 5.82 Å². The van der Waals surface area contributed by atoms with Gasteiger partial charge in [-0.2, -0.15) is 0 Å². The Labute approximate surface area is 227 Å². The van der Waals surface area contributed by atoms with Crippen LogP contribution >= 0.6 is 0 Å². The molecule has 1 atom stereocenters. The predicted molar refractivity (Wildman–Crippen MR) is 152 cm³/mol. The molecule has 1 aromatic heterocycles. The Bertz CT molecular complexity index is 1460. The minimum atomic E-state index is -0.209. The zero-order valence-corrected chi connectivity index (χ0v) is 22.2. The van der Waals surface area contributed by atoms with Crippen LogP contribution in [0.5, 0.6) is 0 Å². The third kappa shape index (κ3) is 4.58. The summed E-state index contributed by atoms with van der Waals surface area (Å²) in [4.78, 5) is 47.3. The van der Waals surface area contributed by atoms with Crippen molar-refractivity contribution in [1.29, 1.82) is 0 Å². The van der Waals surface area contributed by atoms with Gasteiger partial charge in [-0.15, -0.1) is 0 Å². The second-order valence-electron chi connectivity index (χ2n) is 11.0. The lowest BCUT2D eigenvalue weighted by Gasteiger charge is -2.25. The van der Waals surface area contributed by atoms with Crippen molar-refractivity contribution in [2.75, 3.05) is 53.4 Å². The molecule has 9 heteroatoms. The van der Waals surface area contributed by atoms with Crippen molar-refractivity contribution >= 4 is 41.0 Å². The quantitative estimate of drug-likeness (QED) is 0.560. The fourth-order valence-electron chi connectivity index (χ4n) is 6.40. The Hall–Kier alpha value is -4.40. The molecule has 2 aliphatic heterocycles. The number of para-hydroxylation sites is 1. The monoisotopic (exact) mass is 524 g/mol. The number of rotatable bonds is 6. The molecule has 2 aliphatic carbocycles. The summed E-state index contributed by atoms with van der Waals surface area (Å²) < 4.78 is 0. The Balaban J connectivity index is 1.18.